The average molecular weight is 287 g/mol. The van der Waals surface area contributed by atoms with Gasteiger partial charge in [0.2, 0.25) is 5.82 Å². The van der Waals surface area contributed by atoms with Crippen LogP contribution in [0.3, 0.4) is 0 Å². The summed E-state index contributed by atoms with van der Waals surface area (Å²) in [5.74, 6) is 1.19. The Labute approximate surface area is 119 Å². The van der Waals surface area contributed by atoms with E-state index in [4.69, 9.17) is 10.3 Å². The molecule has 0 saturated carbocycles. The molecule has 0 spiro atoms. The smallest absolute Gasteiger partial charge is 0.270 e. The van der Waals surface area contributed by atoms with Gasteiger partial charge in [0.15, 0.2) is 0 Å². The van der Waals surface area contributed by atoms with Gasteiger partial charge in [0.1, 0.15) is 10.6 Å². The first kappa shape index (κ1) is 12.7. The molecule has 0 fully saturated rings. The van der Waals surface area contributed by atoms with Crippen molar-refractivity contribution in [2.45, 2.75) is 13.8 Å². The minimum Gasteiger partial charge on any atom is -0.507 e. The summed E-state index contributed by atoms with van der Waals surface area (Å²) in [4.78, 5) is 5.14. The number of nitrogens with zero attached hydrogens (tertiary/aromatic N) is 2. The van der Waals surface area contributed by atoms with E-state index in [0.717, 1.165) is 21.6 Å². The molecule has 0 aliphatic carbocycles. The van der Waals surface area contributed by atoms with Gasteiger partial charge < -0.3 is 15.4 Å². The van der Waals surface area contributed by atoms with Crippen LogP contribution in [0.4, 0.5) is 5.69 Å². The highest BCUT2D eigenvalue weighted by molar-refractivity contribution is 7.14. The molecule has 20 heavy (non-hydrogen) atoms. The van der Waals surface area contributed by atoms with Gasteiger partial charge in [-0.25, -0.2) is 0 Å². The second kappa shape index (κ2) is 4.64. The van der Waals surface area contributed by atoms with Crippen molar-refractivity contribution in [2.75, 3.05) is 5.73 Å². The average Bonchev–Trinajstić information content (AvgIpc) is 3.03. The van der Waals surface area contributed by atoms with Crippen LogP contribution in [0, 0.1) is 13.8 Å². The quantitative estimate of drug-likeness (QED) is 0.754. The summed E-state index contributed by atoms with van der Waals surface area (Å²) in [6.45, 7) is 3.67. The molecule has 0 radical (unpaired) electrons. The summed E-state index contributed by atoms with van der Waals surface area (Å²) in [6, 6.07) is 5.46. The first-order valence-electron chi connectivity index (χ1n) is 6.04. The number of benzene rings is 1. The molecule has 2 aromatic heterocycles. The van der Waals surface area contributed by atoms with Crippen LogP contribution in [0.1, 0.15) is 11.1 Å². The van der Waals surface area contributed by atoms with Crippen molar-refractivity contribution in [3.05, 3.63) is 34.7 Å². The standard InChI is InChI=1S/C14H13N3O2S/c1-7-5-9(6-8(2)11(7)18)13-16-14(19-17-13)12-10(15)3-4-20-12/h3-6,18H,15H2,1-2H3. The van der Waals surface area contributed by atoms with Crippen LogP contribution in [0.2, 0.25) is 0 Å². The van der Waals surface area contributed by atoms with E-state index >= 15 is 0 Å². The third-order valence-electron chi connectivity index (χ3n) is 3.07. The van der Waals surface area contributed by atoms with Gasteiger partial charge in [0.05, 0.1) is 5.69 Å². The van der Waals surface area contributed by atoms with Crippen LogP contribution in [0.5, 0.6) is 5.75 Å². The molecule has 0 amide bonds. The largest absolute Gasteiger partial charge is 0.507 e. The number of aromatic hydroxyl groups is 1. The van der Waals surface area contributed by atoms with Gasteiger partial charge in [-0.3, -0.25) is 0 Å². The molecular weight excluding hydrogens is 274 g/mol. The molecule has 0 aliphatic heterocycles. The molecule has 0 saturated heterocycles. The zero-order valence-corrected chi connectivity index (χ0v) is 11.9. The number of rotatable bonds is 2. The Balaban J connectivity index is 2.05. The fourth-order valence-corrected chi connectivity index (χ4v) is 2.75. The summed E-state index contributed by atoms with van der Waals surface area (Å²) >= 11 is 1.46. The number of hydrogen-bond acceptors (Lipinski definition) is 6. The van der Waals surface area contributed by atoms with Crippen molar-refractivity contribution >= 4 is 17.0 Å². The van der Waals surface area contributed by atoms with Crippen molar-refractivity contribution in [2.24, 2.45) is 0 Å². The van der Waals surface area contributed by atoms with Crippen LogP contribution >= 0.6 is 11.3 Å². The third kappa shape index (κ3) is 2.04. The number of anilines is 1. The molecule has 3 aromatic rings. The number of phenols is 1. The predicted octanol–water partition coefficient (Wildman–Crippen LogP) is 3.37. The lowest BCUT2D eigenvalue weighted by Crippen LogP contribution is -1.87. The number of phenolic OH excluding ortho intramolecular Hbond substituents is 1. The number of nitrogens with two attached hydrogens (primary N) is 1. The number of thiophene rings is 1. The minimum absolute atomic E-state index is 0.292. The molecule has 3 rings (SSSR count). The first-order valence-corrected chi connectivity index (χ1v) is 6.92. The topological polar surface area (TPSA) is 85.2 Å². The van der Waals surface area contributed by atoms with E-state index in [0.29, 0.717) is 23.2 Å². The fraction of sp³-hybridized carbons (Fsp3) is 0.143. The first-order chi connectivity index (χ1) is 9.56. The number of hydrogen-bond donors (Lipinski definition) is 2. The molecule has 2 heterocycles. The maximum absolute atomic E-state index is 9.79. The van der Waals surface area contributed by atoms with Gasteiger partial charge in [0, 0.05) is 5.56 Å². The van der Waals surface area contributed by atoms with Crippen molar-refractivity contribution in [1.82, 2.24) is 10.1 Å². The lowest BCUT2D eigenvalue weighted by atomic mass is 10.1. The van der Waals surface area contributed by atoms with Crippen LogP contribution in [0.25, 0.3) is 22.2 Å². The Morgan fingerprint density at radius 1 is 1.25 bits per heavy atom. The van der Waals surface area contributed by atoms with Crippen LogP contribution in [-0.2, 0) is 0 Å². The normalized spacial score (nSPS) is 10.9. The van der Waals surface area contributed by atoms with Gasteiger partial charge in [-0.15, -0.1) is 11.3 Å². The second-order valence-corrected chi connectivity index (χ2v) is 5.50. The van der Waals surface area contributed by atoms with E-state index in [9.17, 15) is 5.11 Å². The van der Waals surface area contributed by atoms with E-state index in [1.54, 1.807) is 6.07 Å². The molecule has 5 nitrogen and oxygen atoms in total. The summed E-state index contributed by atoms with van der Waals surface area (Å²) in [5, 5.41) is 15.6. The zero-order valence-electron chi connectivity index (χ0n) is 11.0. The molecule has 3 N–H and O–H groups in total. The van der Waals surface area contributed by atoms with Gasteiger partial charge in [-0.2, -0.15) is 4.98 Å². The molecule has 0 atom stereocenters. The van der Waals surface area contributed by atoms with Crippen molar-refractivity contribution in [3.8, 4) is 27.9 Å². The second-order valence-electron chi connectivity index (χ2n) is 4.59. The molecule has 102 valence electrons. The minimum atomic E-state index is 0.292. The van der Waals surface area contributed by atoms with Crippen molar-refractivity contribution < 1.29 is 9.63 Å². The highest BCUT2D eigenvalue weighted by atomic mass is 32.1. The number of nitrogen functional groups attached to an aromatic ring is 1. The van der Waals surface area contributed by atoms with Crippen molar-refractivity contribution in [1.29, 1.82) is 0 Å². The highest BCUT2D eigenvalue weighted by Gasteiger charge is 2.15. The lowest BCUT2D eigenvalue weighted by Gasteiger charge is -2.04. The fourth-order valence-electron chi connectivity index (χ4n) is 2.01. The summed E-state index contributed by atoms with van der Waals surface area (Å²) < 4.78 is 5.26. The van der Waals surface area contributed by atoms with Gasteiger partial charge >= 0.3 is 0 Å². The van der Waals surface area contributed by atoms with Crippen LogP contribution in [0.15, 0.2) is 28.1 Å². The summed E-state index contributed by atoms with van der Waals surface area (Å²) in [6.07, 6.45) is 0. The Kier molecular flexibility index (Phi) is 2.94. The zero-order chi connectivity index (χ0) is 14.3. The number of aromatic nitrogens is 2. The Morgan fingerprint density at radius 2 is 1.95 bits per heavy atom. The van der Waals surface area contributed by atoms with E-state index < -0.39 is 0 Å². The molecule has 1 aromatic carbocycles. The SMILES string of the molecule is Cc1cc(-c2noc(-c3sccc3N)n2)cc(C)c1O. The Hall–Kier alpha value is -2.34. The maximum atomic E-state index is 9.79. The van der Waals surface area contributed by atoms with E-state index in [-0.39, 0.29) is 0 Å². The van der Waals surface area contributed by atoms with Gasteiger partial charge in [-0.1, -0.05) is 5.16 Å². The highest BCUT2D eigenvalue weighted by Crippen LogP contribution is 2.33. The predicted molar refractivity (Wildman–Crippen MR) is 78.6 cm³/mol. The Morgan fingerprint density at radius 3 is 2.55 bits per heavy atom. The molecule has 0 aliphatic rings. The van der Waals surface area contributed by atoms with E-state index in [1.165, 1.54) is 11.3 Å². The third-order valence-corrected chi connectivity index (χ3v) is 3.98. The summed E-state index contributed by atoms with van der Waals surface area (Å²) in [5.41, 5.74) is 8.83. The molecule has 0 bridgehead atoms. The van der Waals surface area contributed by atoms with Crippen LogP contribution < -0.4 is 5.73 Å². The van der Waals surface area contributed by atoms with Gasteiger partial charge in [-0.05, 0) is 48.6 Å². The lowest BCUT2D eigenvalue weighted by molar-refractivity contribution is 0.433. The molecule has 0 unspecified atom stereocenters. The van der Waals surface area contributed by atoms with Gasteiger partial charge in [0.25, 0.3) is 5.89 Å². The molecule has 6 heteroatoms. The number of aryl methyl sites for hydroxylation is 2. The Bertz CT molecular complexity index is 753. The monoisotopic (exact) mass is 287 g/mol. The van der Waals surface area contributed by atoms with E-state index in [2.05, 4.69) is 10.1 Å². The van der Waals surface area contributed by atoms with Crippen LogP contribution in [-0.4, -0.2) is 15.2 Å². The van der Waals surface area contributed by atoms with Crippen molar-refractivity contribution in [3.63, 3.8) is 0 Å². The summed E-state index contributed by atoms with van der Waals surface area (Å²) in [7, 11) is 0. The van der Waals surface area contributed by atoms with E-state index in [1.807, 2.05) is 31.4 Å². The maximum Gasteiger partial charge on any atom is 0.270 e. The molecular formula is C14H13N3O2S.